The third-order valence-electron chi connectivity index (χ3n) is 4.29. The molecule has 3 aromatic rings. The second kappa shape index (κ2) is 9.21. The lowest BCUT2D eigenvalue weighted by atomic mass is 10.2. The van der Waals surface area contributed by atoms with E-state index in [9.17, 15) is 13.2 Å². The number of thiazole rings is 1. The van der Waals surface area contributed by atoms with Crippen LogP contribution in [0, 0.1) is 6.92 Å². The molecule has 156 valence electrons. The lowest BCUT2D eigenvalue weighted by Gasteiger charge is -2.22. The van der Waals surface area contributed by atoms with E-state index in [0.717, 1.165) is 22.0 Å². The predicted molar refractivity (Wildman–Crippen MR) is 121 cm³/mol. The van der Waals surface area contributed by atoms with E-state index >= 15 is 0 Å². The fourth-order valence-corrected chi connectivity index (χ4v) is 4.49. The molecule has 0 N–H and O–H groups in total. The minimum atomic E-state index is -3.39. The van der Waals surface area contributed by atoms with Crippen LogP contribution in [0.25, 0.3) is 10.2 Å². The number of rotatable bonds is 6. The molecule has 0 fully saturated rings. The highest BCUT2D eigenvalue weighted by Gasteiger charge is 2.22. The van der Waals surface area contributed by atoms with Gasteiger partial charge in [0.15, 0.2) is 15.0 Å². The molecule has 1 heterocycles. The average molecular weight is 454 g/mol. The first kappa shape index (κ1) is 23.3. The first-order valence-corrected chi connectivity index (χ1v) is 11.5. The SMILES string of the molecule is Cc1ccc2nc(N(CCN(C)C)C(=O)c3cccc(S(C)(=O)=O)c3)sc2c1.Cl. The molecular weight excluding hydrogens is 430 g/mol. The molecule has 1 aromatic heterocycles. The maximum Gasteiger partial charge on any atom is 0.260 e. The van der Waals surface area contributed by atoms with Crippen LogP contribution >= 0.6 is 23.7 Å². The number of carbonyl (C=O) groups excluding carboxylic acids is 1. The molecule has 0 radical (unpaired) electrons. The van der Waals surface area contributed by atoms with Crippen molar-refractivity contribution in [2.45, 2.75) is 11.8 Å². The molecule has 0 unspecified atom stereocenters. The Balaban J connectivity index is 0.00000300. The van der Waals surface area contributed by atoms with E-state index in [1.165, 1.54) is 23.5 Å². The van der Waals surface area contributed by atoms with Crippen molar-refractivity contribution in [2.75, 3.05) is 38.3 Å². The van der Waals surface area contributed by atoms with Gasteiger partial charge in [-0.05, 0) is 56.9 Å². The Kier molecular flexibility index (Phi) is 7.40. The number of likely N-dealkylation sites (N-methyl/N-ethyl adjacent to an activating group) is 1. The lowest BCUT2D eigenvalue weighted by molar-refractivity contribution is 0.0985. The van der Waals surface area contributed by atoms with E-state index in [1.54, 1.807) is 17.0 Å². The summed E-state index contributed by atoms with van der Waals surface area (Å²) >= 11 is 1.46. The Morgan fingerprint density at radius 2 is 1.83 bits per heavy atom. The molecular formula is C20H24ClN3O3S2. The van der Waals surface area contributed by atoms with Crippen molar-refractivity contribution >= 4 is 54.8 Å². The predicted octanol–water partition coefficient (Wildman–Crippen LogP) is 3.64. The number of benzene rings is 2. The summed E-state index contributed by atoms with van der Waals surface area (Å²) in [7, 11) is 0.486. The Bertz CT molecular complexity index is 1130. The molecule has 9 heteroatoms. The van der Waals surface area contributed by atoms with Crippen molar-refractivity contribution in [1.82, 2.24) is 9.88 Å². The molecule has 2 aromatic carbocycles. The van der Waals surface area contributed by atoms with E-state index in [4.69, 9.17) is 0 Å². The zero-order chi connectivity index (χ0) is 20.5. The van der Waals surface area contributed by atoms with E-state index in [0.29, 0.717) is 23.8 Å². The number of nitrogens with zero attached hydrogens (tertiary/aromatic N) is 3. The highest BCUT2D eigenvalue weighted by atomic mass is 35.5. The largest absolute Gasteiger partial charge is 0.308 e. The molecule has 0 saturated carbocycles. The fraction of sp³-hybridized carbons (Fsp3) is 0.300. The van der Waals surface area contributed by atoms with Crippen LogP contribution < -0.4 is 4.90 Å². The molecule has 6 nitrogen and oxygen atoms in total. The number of aryl methyl sites for hydroxylation is 1. The molecule has 1 amide bonds. The van der Waals surface area contributed by atoms with Crippen molar-refractivity contribution in [3.8, 4) is 0 Å². The molecule has 0 aliphatic rings. The van der Waals surface area contributed by atoms with Crippen LogP contribution in [-0.4, -0.2) is 57.6 Å². The van der Waals surface area contributed by atoms with E-state index < -0.39 is 9.84 Å². The van der Waals surface area contributed by atoms with Crippen LogP contribution in [0.15, 0.2) is 47.4 Å². The number of sulfone groups is 1. The number of aromatic nitrogens is 1. The minimum Gasteiger partial charge on any atom is -0.308 e. The maximum atomic E-state index is 13.3. The van der Waals surface area contributed by atoms with Crippen LogP contribution in [0.1, 0.15) is 15.9 Å². The maximum absolute atomic E-state index is 13.3. The van der Waals surface area contributed by atoms with Gasteiger partial charge in [0.05, 0.1) is 15.1 Å². The number of anilines is 1. The van der Waals surface area contributed by atoms with Crippen molar-refractivity contribution in [3.05, 3.63) is 53.6 Å². The summed E-state index contributed by atoms with van der Waals surface area (Å²) in [6, 6.07) is 12.1. The van der Waals surface area contributed by atoms with Crippen LogP contribution in [0.4, 0.5) is 5.13 Å². The van der Waals surface area contributed by atoms with Gasteiger partial charge in [-0.3, -0.25) is 9.69 Å². The zero-order valence-electron chi connectivity index (χ0n) is 16.7. The first-order chi connectivity index (χ1) is 13.1. The van der Waals surface area contributed by atoms with Crippen molar-refractivity contribution in [3.63, 3.8) is 0 Å². The highest BCUT2D eigenvalue weighted by Crippen LogP contribution is 2.30. The second-order valence-electron chi connectivity index (χ2n) is 7.03. The number of halogens is 1. The minimum absolute atomic E-state index is 0. The smallest absolute Gasteiger partial charge is 0.260 e. The Hall–Kier alpha value is -2.00. The number of amides is 1. The van der Waals surface area contributed by atoms with Gasteiger partial charge in [0, 0.05) is 24.9 Å². The van der Waals surface area contributed by atoms with Gasteiger partial charge in [-0.15, -0.1) is 12.4 Å². The number of carbonyl (C=O) groups is 1. The number of fused-ring (bicyclic) bond motifs is 1. The molecule has 0 saturated heterocycles. The summed E-state index contributed by atoms with van der Waals surface area (Å²) in [5.74, 6) is -0.261. The Morgan fingerprint density at radius 1 is 1.10 bits per heavy atom. The second-order valence-corrected chi connectivity index (χ2v) is 10.1. The van der Waals surface area contributed by atoms with Gasteiger partial charge in [-0.1, -0.05) is 23.5 Å². The topological polar surface area (TPSA) is 70.6 Å². The number of hydrogen-bond donors (Lipinski definition) is 0. The van der Waals surface area contributed by atoms with Crippen LogP contribution in [0.3, 0.4) is 0 Å². The van der Waals surface area contributed by atoms with Gasteiger partial charge in [0.1, 0.15) is 0 Å². The summed E-state index contributed by atoms with van der Waals surface area (Å²) in [5.41, 5.74) is 2.31. The zero-order valence-corrected chi connectivity index (χ0v) is 19.2. The summed E-state index contributed by atoms with van der Waals surface area (Å²) in [4.78, 5) is 21.6. The van der Waals surface area contributed by atoms with Gasteiger partial charge in [0.25, 0.3) is 5.91 Å². The summed E-state index contributed by atoms with van der Waals surface area (Å²) in [5, 5.41) is 0.609. The highest BCUT2D eigenvalue weighted by molar-refractivity contribution is 7.90. The van der Waals surface area contributed by atoms with Crippen molar-refractivity contribution < 1.29 is 13.2 Å². The quantitative estimate of drug-likeness (QED) is 0.569. The van der Waals surface area contributed by atoms with E-state index in [1.807, 2.05) is 38.1 Å². The summed E-state index contributed by atoms with van der Waals surface area (Å²) < 4.78 is 24.8. The van der Waals surface area contributed by atoms with Crippen LogP contribution in [0.2, 0.25) is 0 Å². The van der Waals surface area contributed by atoms with Crippen molar-refractivity contribution in [1.29, 1.82) is 0 Å². The van der Waals surface area contributed by atoms with Gasteiger partial charge in [-0.2, -0.15) is 0 Å². The molecule has 29 heavy (non-hydrogen) atoms. The third kappa shape index (κ3) is 5.54. The van der Waals surface area contributed by atoms with E-state index in [2.05, 4.69) is 11.1 Å². The molecule has 0 atom stereocenters. The molecule has 0 spiro atoms. The standard InChI is InChI=1S/C20H23N3O3S2.ClH/c1-14-8-9-17-18(12-14)27-20(21-17)23(11-10-22(2)3)19(24)15-6-5-7-16(13-15)28(4,25)26;/h5-9,12-13H,10-11H2,1-4H3;1H. The first-order valence-electron chi connectivity index (χ1n) is 8.79. The fourth-order valence-electron chi connectivity index (χ4n) is 2.73. The summed E-state index contributed by atoms with van der Waals surface area (Å²) in [6.07, 6.45) is 1.14. The number of hydrogen-bond acceptors (Lipinski definition) is 6. The Labute approximate surface area is 181 Å². The third-order valence-corrected chi connectivity index (χ3v) is 6.44. The average Bonchev–Trinajstić information content (AvgIpc) is 3.03. The van der Waals surface area contributed by atoms with Crippen LogP contribution in [-0.2, 0) is 9.84 Å². The molecule has 0 bridgehead atoms. The van der Waals surface area contributed by atoms with Crippen molar-refractivity contribution in [2.24, 2.45) is 0 Å². The van der Waals surface area contributed by atoms with E-state index in [-0.39, 0.29) is 23.2 Å². The Morgan fingerprint density at radius 3 is 2.48 bits per heavy atom. The van der Waals surface area contributed by atoms with Gasteiger partial charge in [-0.25, -0.2) is 13.4 Å². The van der Waals surface area contributed by atoms with Crippen LogP contribution in [0.5, 0.6) is 0 Å². The molecule has 0 aliphatic heterocycles. The normalized spacial score (nSPS) is 11.5. The van der Waals surface area contributed by atoms with Gasteiger partial charge < -0.3 is 4.90 Å². The molecule has 3 rings (SSSR count). The monoisotopic (exact) mass is 453 g/mol. The van der Waals surface area contributed by atoms with Gasteiger partial charge >= 0.3 is 0 Å². The lowest BCUT2D eigenvalue weighted by Crippen LogP contribution is -2.36. The van der Waals surface area contributed by atoms with Gasteiger partial charge in [0.2, 0.25) is 0 Å². The molecule has 0 aliphatic carbocycles. The summed E-state index contributed by atoms with van der Waals surface area (Å²) in [6.45, 7) is 3.13.